The van der Waals surface area contributed by atoms with Crippen molar-refractivity contribution in [2.24, 2.45) is 12.2 Å². The highest BCUT2D eigenvalue weighted by atomic mass is 16.5. The minimum Gasteiger partial charge on any atom is -0.411 e. The molecule has 0 bridgehead atoms. The Morgan fingerprint density at radius 1 is 1.75 bits per heavy atom. The van der Waals surface area contributed by atoms with E-state index < -0.39 is 0 Å². The second kappa shape index (κ2) is 5.93. The third-order valence-electron chi connectivity index (χ3n) is 2.11. The van der Waals surface area contributed by atoms with Gasteiger partial charge in [-0.05, 0) is 13.8 Å². The van der Waals surface area contributed by atoms with Gasteiger partial charge < -0.3 is 9.94 Å². The highest BCUT2D eigenvalue weighted by molar-refractivity contribution is 5.72. The number of imidazole rings is 1. The first-order chi connectivity index (χ1) is 7.69. The van der Waals surface area contributed by atoms with Gasteiger partial charge >= 0.3 is 5.82 Å². The van der Waals surface area contributed by atoms with Crippen LogP contribution in [-0.2, 0) is 18.5 Å². The third-order valence-corrected chi connectivity index (χ3v) is 2.11. The summed E-state index contributed by atoms with van der Waals surface area (Å²) in [6.07, 6.45) is 4.95. The van der Waals surface area contributed by atoms with E-state index in [1.54, 1.807) is 6.92 Å². The molecular weight excluding hydrogens is 206 g/mol. The summed E-state index contributed by atoms with van der Waals surface area (Å²) in [6.45, 7) is 4.04. The Bertz CT molecular complexity index is 426. The van der Waals surface area contributed by atoms with E-state index in [0.717, 1.165) is 5.82 Å². The molecule has 0 amide bonds. The zero-order valence-electron chi connectivity index (χ0n) is 9.71. The summed E-state index contributed by atoms with van der Waals surface area (Å²) in [4.78, 5) is 0. The number of aromatic nitrogens is 2. The van der Waals surface area contributed by atoms with E-state index in [1.807, 2.05) is 35.5 Å². The van der Waals surface area contributed by atoms with Gasteiger partial charge in [-0.1, -0.05) is 11.1 Å². The number of hydrogen-bond donors (Lipinski definition) is 1. The van der Waals surface area contributed by atoms with Gasteiger partial charge in [-0.15, -0.1) is 5.92 Å². The average Bonchev–Trinajstić information content (AvgIpc) is 2.59. The first kappa shape index (κ1) is 12.3. The Labute approximate surface area is 95.0 Å². The molecule has 0 aliphatic heterocycles. The average molecular weight is 222 g/mol. The van der Waals surface area contributed by atoms with Crippen LogP contribution in [-0.4, -0.2) is 22.1 Å². The molecule has 16 heavy (non-hydrogen) atoms. The van der Waals surface area contributed by atoms with Crippen molar-refractivity contribution in [3.63, 3.8) is 0 Å². The fraction of sp³-hybridized carbons (Fsp3) is 0.455. The number of nitrogens with zero attached hydrogens (tertiary/aromatic N) is 3. The molecule has 1 heterocycles. The van der Waals surface area contributed by atoms with E-state index in [1.165, 1.54) is 6.21 Å². The van der Waals surface area contributed by atoms with E-state index in [9.17, 15) is 0 Å². The van der Waals surface area contributed by atoms with Crippen molar-refractivity contribution in [1.29, 1.82) is 0 Å². The minimum absolute atomic E-state index is 0.114. The molecule has 5 nitrogen and oxygen atoms in total. The lowest BCUT2D eigenvalue weighted by atomic mass is 10.4. The summed E-state index contributed by atoms with van der Waals surface area (Å²) < 4.78 is 9.16. The largest absolute Gasteiger partial charge is 0.411 e. The molecule has 0 saturated heterocycles. The number of hydrogen-bond acceptors (Lipinski definition) is 3. The summed E-state index contributed by atoms with van der Waals surface area (Å²) in [5.74, 6) is 6.44. The van der Waals surface area contributed by atoms with Crippen molar-refractivity contribution in [2.45, 2.75) is 26.7 Å². The molecule has 5 heteroatoms. The van der Waals surface area contributed by atoms with Crippen molar-refractivity contribution in [1.82, 2.24) is 4.57 Å². The Morgan fingerprint density at radius 2 is 2.50 bits per heavy atom. The summed E-state index contributed by atoms with van der Waals surface area (Å²) in [7, 11) is 1.86. The number of aryl methyl sites for hydroxylation is 1. The first-order valence-electron chi connectivity index (χ1n) is 4.95. The number of rotatable bonds is 4. The van der Waals surface area contributed by atoms with Crippen LogP contribution in [0, 0.1) is 11.8 Å². The van der Waals surface area contributed by atoms with Gasteiger partial charge in [0.1, 0.15) is 18.5 Å². The van der Waals surface area contributed by atoms with Crippen LogP contribution in [0.4, 0.5) is 0 Å². The zero-order chi connectivity index (χ0) is 12.0. The molecule has 0 saturated carbocycles. The lowest BCUT2D eigenvalue weighted by molar-refractivity contribution is -0.672. The molecule has 1 unspecified atom stereocenters. The minimum atomic E-state index is -0.114. The maximum absolute atomic E-state index is 8.53. The lowest BCUT2D eigenvalue weighted by Gasteiger charge is -2.04. The fourth-order valence-electron chi connectivity index (χ4n) is 1.30. The van der Waals surface area contributed by atoms with Gasteiger partial charge in [0.05, 0.1) is 7.05 Å². The summed E-state index contributed by atoms with van der Waals surface area (Å²) >= 11 is 0. The zero-order valence-corrected chi connectivity index (χ0v) is 9.71. The van der Waals surface area contributed by atoms with Gasteiger partial charge in [-0.25, -0.2) is 9.13 Å². The summed E-state index contributed by atoms with van der Waals surface area (Å²) in [5, 5.41) is 11.5. The van der Waals surface area contributed by atoms with E-state index in [2.05, 4.69) is 17.0 Å². The van der Waals surface area contributed by atoms with Crippen molar-refractivity contribution in [3.05, 3.63) is 18.2 Å². The summed E-state index contributed by atoms with van der Waals surface area (Å²) in [5.41, 5.74) is 0. The maximum atomic E-state index is 8.53. The topological polar surface area (TPSA) is 50.6 Å². The Balaban J connectivity index is 2.69. The molecule has 1 atom stereocenters. The van der Waals surface area contributed by atoms with Crippen LogP contribution in [0.3, 0.4) is 0 Å². The second-order valence-corrected chi connectivity index (χ2v) is 3.31. The van der Waals surface area contributed by atoms with E-state index >= 15 is 0 Å². The highest BCUT2D eigenvalue weighted by Gasteiger charge is 2.12. The smallest absolute Gasteiger partial charge is 0.305 e. The Kier molecular flexibility index (Phi) is 4.55. The van der Waals surface area contributed by atoms with Crippen LogP contribution in [0.25, 0.3) is 0 Å². The molecule has 1 aromatic heterocycles. The summed E-state index contributed by atoms with van der Waals surface area (Å²) in [6, 6.07) is 0. The molecule has 0 aliphatic rings. The van der Waals surface area contributed by atoms with E-state index in [4.69, 9.17) is 9.94 Å². The number of ether oxygens (including phenoxy) is 1. The normalized spacial score (nSPS) is 12.4. The van der Waals surface area contributed by atoms with Crippen LogP contribution in [0.5, 0.6) is 0 Å². The predicted molar refractivity (Wildman–Crippen MR) is 59.0 cm³/mol. The molecular formula is C11H16N3O2+. The molecule has 0 aromatic carbocycles. The van der Waals surface area contributed by atoms with Gasteiger partial charge in [0.25, 0.3) is 0 Å². The highest BCUT2D eigenvalue weighted by Crippen LogP contribution is 1.96. The Morgan fingerprint density at radius 3 is 3.12 bits per heavy atom. The van der Waals surface area contributed by atoms with Gasteiger partial charge in [0, 0.05) is 0 Å². The molecule has 0 spiro atoms. The monoisotopic (exact) mass is 222 g/mol. The maximum Gasteiger partial charge on any atom is 0.305 e. The fourth-order valence-corrected chi connectivity index (χ4v) is 1.30. The SMILES string of the molecule is CC#CC(C)OCn1cc[n+](C)c1/C=N/O. The predicted octanol–water partition coefficient (Wildman–Crippen LogP) is 0.507. The van der Waals surface area contributed by atoms with Crippen LogP contribution in [0.15, 0.2) is 17.5 Å². The third kappa shape index (κ3) is 3.11. The van der Waals surface area contributed by atoms with Crippen LogP contribution in [0.1, 0.15) is 19.7 Å². The van der Waals surface area contributed by atoms with Gasteiger partial charge in [-0.2, -0.15) is 0 Å². The van der Waals surface area contributed by atoms with Crippen LogP contribution >= 0.6 is 0 Å². The molecule has 86 valence electrons. The lowest BCUT2D eigenvalue weighted by Crippen LogP contribution is -2.32. The second-order valence-electron chi connectivity index (χ2n) is 3.31. The number of oxime groups is 1. The van der Waals surface area contributed by atoms with Crippen molar-refractivity contribution in [3.8, 4) is 11.8 Å². The first-order valence-corrected chi connectivity index (χ1v) is 4.95. The Hall–Kier alpha value is -1.80. The molecule has 1 rings (SSSR count). The van der Waals surface area contributed by atoms with Crippen LogP contribution < -0.4 is 4.57 Å². The van der Waals surface area contributed by atoms with Gasteiger partial charge in [0.15, 0.2) is 12.9 Å². The quantitative estimate of drug-likeness (QED) is 0.265. The standard InChI is InChI=1S/C11H15N3O2/c1-4-5-10(2)16-9-14-7-6-13(3)11(14)8-12-15/h6-8,10H,9H2,1-3H3/p+1. The van der Waals surface area contributed by atoms with E-state index in [-0.39, 0.29) is 6.10 Å². The van der Waals surface area contributed by atoms with Crippen molar-refractivity contribution < 1.29 is 14.5 Å². The van der Waals surface area contributed by atoms with Gasteiger partial charge in [0.2, 0.25) is 0 Å². The molecule has 0 aliphatic carbocycles. The molecule has 1 N–H and O–H groups in total. The molecule has 0 radical (unpaired) electrons. The molecule has 1 aromatic rings. The molecule has 0 fully saturated rings. The van der Waals surface area contributed by atoms with Crippen molar-refractivity contribution >= 4 is 6.21 Å². The van der Waals surface area contributed by atoms with E-state index in [0.29, 0.717) is 6.73 Å². The van der Waals surface area contributed by atoms with Crippen molar-refractivity contribution in [2.75, 3.05) is 0 Å². The van der Waals surface area contributed by atoms with Crippen LogP contribution in [0.2, 0.25) is 0 Å². The van der Waals surface area contributed by atoms with Gasteiger partial charge in [-0.3, -0.25) is 0 Å².